The van der Waals surface area contributed by atoms with Crippen molar-refractivity contribution in [3.63, 3.8) is 0 Å². The van der Waals surface area contributed by atoms with E-state index in [2.05, 4.69) is 24.4 Å². The van der Waals surface area contributed by atoms with E-state index in [1.54, 1.807) is 0 Å². The van der Waals surface area contributed by atoms with Gasteiger partial charge in [0.15, 0.2) is 6.54 Å². The first-order valence-corrected chi connectivity index (χ1v) is 8.60. The van der Waals surface area contributed by atoms with Crippen LogP contribution >= 0.6 is 0 Å². The number of nitrogens with one attached hydrogen (secondary N) is 2. The normalized spacial score (nSPS) is 20.9. The molecule has 0 spiro atoms. The highest BCUT2D eigenvalue weighted by Crippen LogP contribution is 2.11. The van der Waals surface area contributed by atoms with Gasteiger partial charge in [-0.25, -0.2) is 0 Å². The van der Waals surface area contributed by atoms with Crippen LogP contribution in [-0.2, 0) is 16.0 Å². The molecule has 5 nitrogen and oxygen atoms in total. The van der Waals surface area contributed by atoms with Gasteiger partial charge in [0.1, 0.15) is 0 Å². The van der Waals surface area contributed by atoms with E-state index >= 15 is 0 Å². The third kappa shape index (κ3) is 5.67. The van der Waals surface area contributed by atoms with E-state index in [4.69, 9.17) is 5.73 Å². The summed E-state index contributed by atoms with van der Waals surface area (Å²) in [5, 5.41) is 2.94. The van der Waals surface area contributed by atoms with Crippen LogP contribution in [0.2, 0.25) is 0 Å². The molecule has 0 aliphatic carbocycles. The molecular formula is C18H28N3O2+. The van der Waals surface area contributed by atoms with Crippen LogP contribution in [0, 0.1) is 5.92 Å². The van der Waals surface area contributed by atoms with Gasteiger partial charge in [-0.1, -0.05) is 25.5 Å². The Balaban J connectivity index is 1.81. The molecule has 2 atom stereocenters. The number of carbonyl (C=O) groups excluding carboxylic acids is 2. The molecule has 0 radical (unpaired) electrons. The number of carbonyl (C=O) groups is 2. The molecule has 0 aromatic heterocycles. The van der Waals surface area contributed by atoms with Gasteiger partial charge in [-0.3, -0.25) is 9.59 Å². The standard InChI is InChI=1S/C18H27N3O2/c1-2-3-5-14-7-9-16(10-8-14)20-17(22)13-21-11-4-6-15(12-21)18(19)23/h7-10,15H,2-6,11-13H2,1H3,(H2,19,23)(H,20,22)/p+1/t15-/m1/s1. The lowest BCUT2D eigenvalue weighted by atomic mass is 9.97. The molecule has 1 unspecified atom stereocenters. The fourth-order valence-corrected chi connectivity index (χ4v) is 3.12. The van der Waals surface area contributed by atoms with Crippen LogP contribution in [0.1, 0.15) is 38.2 Å². The van der Waals surface area contributed by atoms with Crippen molar-refractivity contribution in [3.05, 3.63) is 29.8 Å². The molecule has 1 heterocycles. The van der Waals surface area contributed by atoms with E-state index in [1.165, 1.54) is 18.4 Å². The van der Waals surface area contributed by atoms with E-state index in [0.29, 0.717) is 13.1 Å². The molecular weight excluding hydrogens is 290 g/mol. The summed E-state index contributed by atoms with van der Waals surface area (Å²) in [4.78, 5) is 24.6. The number of hydrogen-bond donors (Lipinski definition) is 3. The Bertz CT molecular complexity index is 528. The summed E-state index contributed by atoms with van der Waals surface area (Å²) in [5.74, 6) is -0.346. The van der Waals surface area contributed by atoms with Gasteiger partial charge < -0.3 is 16.0 Å². The van der Waals surface area contributed by atoms with E-state index in [-0.39, 0.29) is 17.7 Å². The van der Waals surface area contributed by atoms with Crippen LogP contribution in [0.15, 0.2) is 24.3 Å². The van der Waals surface area contributed by atoms with Crippen LogP contribution in [-0.4, -0.2) is 31.4 Å². The van der Waals surface area contributed by atoms with Crippen molar-refractivity contribution in [3.8, 4) is 0 Å². The fourth-order valence-electron chi connectivity index (χ4n) is 3.12. The summed E-state index contributed by atoms with van der Waals surface area (Å²) >= 11 is 0. The summed E-state index contributed by atoms with van der Waals surface area (Å²) in [6, 6.07) is 8.06. The van der Waals surface area contributed by atoms with E-state index in [0.717, 1.165) is 36.4 Å². The third-order valence-electron chi connectivity index (χ3n) is 4.49. The zero-order valence-corrected chi connectivity index (χ0v) is 13.9. The van der Waals surface area contributed by atoms with E-state index < -0.39 is 0 Å². The minimum absolute atomic E-state index is 0.00794. The zero-order chi connectivity index (χ0) is 16.7. The van der Waals surface area contributed by atoms with E-state index in [1.807, 2.05) is 12.1 Å². The number of primary amides is 1. The number of piperidine rings is 1. The molecule has 1 aliphatic heterocycles. The topological polar surface area (TPSA) is 76.6 Å². The van der Waals surface area contributed by atoms with Gasteiger partial charge in [0, 0.05) is 5.69 Å². The number of aryl methyl sites for hydroxylation is 1. The van der Waals surface area contributed by atoms with Crippen LogP contribution in [0.5, 0.6) is 0 Å². The first kappa shape index (κ1) is 17.5. The smallest absolute Gasteiger partial charge is 0.279 e. The number of unbranched alkanes of at least 4 members (excludes halogenated alkanes) is 1. The maximum Gasteiger partial charge on any atom is 0.279 e. The summed E-state index contributed by atoms with van der Waals surface area (Å²) in [6.07, 6.45) is 5.24. The minimum atomic E-state index is -0.245. The van der Waals surface area contributed by atoms with Crippen LogP contribution in [0.25, 0.3) is 0 Å². The lowest BCUT2D eigenvalue weighted by molar-refractivity contribution is -0.899. The summed E-state index contributed by atoms with van der Waals surface area (Å²) in [7, 11) is 0. The molecule has 2 rings (SSSR count). The molecule has 126 valence electrons. The Morgan fingerprint density at radius 3 is 2.70 bits per heavy atom. The highest BCUT2D eigenvalue weighted by molar-refractivity contribution is 5.91. The number of benzene rings is 1. The molecule has 0 bridgehead atoms. The molecule has 1 aliphatic rings. The average Bonchev–Trinajstić information content (AvgIpc) is 2.54. The summed E-state index contributed by atoms with van der Waals surface area (Å²) in [6.45, 7) is 4.16. The lowest BCUT2D eigenvalue weighted by Gasteiger charge is -2.27. The molecule has 1 saturated heterocycles. The van der Waals surface area contributed by atoms with Crippen LogP contribution in [0.3, 0.4) is 0 Å². The summed E-state index contributed by atoms with van der Waals surface area (Å²) in [5.41, 5.74) is 7.51. The lowest BCUT2D eigenvalue weighted by Crippen LogP contribution is -3.14. The van der Waals surface area contributed by atoms with Gasteiger partial charge in [0.25, 0.3) is 5.91 Å². The van der Waals surface area contributed by atoms with Gasteiger partial charge in [0.05, 0.1) is 19.0 Å². The Hall–Kier alpha value is -1.88. The van der Waals surface area contributed by atoms with Crippen molar-refractivity contribution in [2.75, 3.05) is 25.0 Å². The third-order valence-corrected chi connectivity index (χ3v) is 4.49. The van der Waals surface area contributed by atoms with Gasteiger partial charge in [0.2, 0.25) is 5.91 Å². The van der Waals surface area contributed by atoms with E-state index in [9.17, 15) is 9.59 Å². The van der Waals surface area contributed by atoms with Crippen molar-refractivity contribution in [2.24, 2.45) is 11.7 Å². The number of rotatable bonds is 7. The highest BCUT2D eigenvalue weighted by Gasteiger charge is 2.28. The molecule has 2 amide bonds. The molecule has 4 N–H and O–H groups in total. The average molecular weight is 318 g/mol. The van der Waals surface area contributed by atoms with Crippen molar-refractivity contribution >= 4 is 17.5 Å². The molecule has 5 heteroatoms. The maximum absolute atomic E-state index is 12.2. The minimum Gasteiger partial charge on any atom is -0.369 e. The number of amides is 2. The van der Waals surface area contributed by atoms with Crippen molar-refractivity contribution < 1.29 is 14.5 Å². The number of anilines is 1. The second-order valence-electron chi connectivity index (χ2n) is 6.47. The van der Waals surface area contributed by atoms with Crippen LogP contribution < -0.4 is 16.0 Å². The number of hydrogen-bond acceptors (Lipinski definition) is 2. The van der Waals surface area contributed by atoms with Crippen molar-refractivity contribution in [2.45, 2.75) is 39.0 Å². The van der Waals surface area contributed by atoms with Crippen LogP contribution in [0.4, 0.5) is 5.69 Å². The van der Waals surface area contributed by atoms with Gasteiger partial charge >= 0.3 is 0 Å². The maximum atomic E-state index is 12.2. The number of nitrogens with two attached hydrogens (primary N) is 1. The quantitative estimate of drug-likeness (QED) is 0.694. The first-order valence-electron chi connectivity index (χ1n) is 8.60. The predicted octanol–water partition coefficient (Wildman–Crippen LogP) is 0.748. The molecule has 1 aromatic rings. The number of likely N-dealkylation sites (tertiary alicyclic amines) is 1. The first-order chi connectivity index (χ1) is 11.1. The Kier molecular flexibility index (Phi) is 6.59. The van der Waals surface area contributed by atoms with Gasteiger partial charge in [-0.2, -0.15) is 0 Å². The molecule has 0 saturated carbocycles. The second-order valence-corrected chi connectivity index (χ2v) is 6.47. The summed E-state index contributed by atoms with van der Waals surface area (Å²) < 4.78 is 0. The Labute approximate surface area is 138 Å². The fraction of sp³-hybridized carbons (Fsp3) is 0.556. The second kappa shape index (κ2) is 8.67. The zero-order valence-electron chi connectivity index (χ0n) is 13.9. The molecule has 23 heavy (non-hydrogen) atoms. The molecule has 1 fully saturated rings. The van der Waals surface area contributed by atoms with Gasteiger partial charge in [-0.15, -0.1) is 0 Å². The Morgan fingerprint density at radius 2 is 2.04 bits per heavy atom. The number of quaternary nitrogens is 1. The highest BCUT2D eigenvalue weighted by atomic mass is 16.2. The Morgan fingerprint density at radius 1 is 1.30 bits per heavy atom. The molecule has 1 aromatic carbocycles. The van der Waals surface area contributed by atoms with Crippen molar-refractivity contribution in [1.29, 1.82) is 0 Å². The SMILES string of the molecule is CCCCc1ccc(NC(=O)C[NH+]2CCC[C@@H](C(N)=O)C2)cc1. The monoisotopic (exact) mass is 318 g/mol. The largest absolute Gasteiger partial charge is 0.369 e. The van der Waals surface area contributed by atoms with Gasteiger partial charge in [-0.05, 0) is 43.4 Å². The van der Waals surface area contributed by atoms with Crippen molar-refractivity contribution in [1.82, 2.24) is 0 Å². The predicted molar refractivity (Wildman–Crippen MR) is 91.2 cm³/mol.